The molecule has 2 aliphatic rings. The lowest BCUT2D eigenvalue weighted by Gasteiger charge is -2.33. The van der Waals surface area contributed by atoms with Gasteiger partial charge in [0, 0.05) is 63.2 Å². The van der Waals surface area contributed by atoms with E-state index in [2.05, 4.69) is 10.3 Å². The molecule has 33 heavy (non-hydrogen) atoms. The highest BCUT2D eigenvalue weighted by Crippen LogP contribution is 2.22. The first-order valence-electron chi connectivity index (χ1n) is 11.5. The number of nitrogens with one attached hydrogen (secondary N) is 1. The maximum Gasteiger partial charge on any atom is 0.251 e. The number of amides is 2. The van der Waals surface area contributed by atoms with Gasteiger partial charge in [-0.3, -0.25) is 9.59 Å². The second kappa shape index (κ2) is 9.62. The van der Waals surface area contributed by atoms with Crippen LogP contribution in [-0.2, 0) is 16.1 Å². The summed E-state index contributed by atoms with van der Waals surface area (Å²) in [5.74, 6) is 0.723. The zero-order valence-corrected chi connectivity index (χ0v) is 18.5. The number of fused-ring (bicyclic) bond motifs is 1. The lowest BCUT2D eigenvalue weighted by Crippen LogP contribution is -2.45. The molecule has 0 bridgehead atoms. The molecule has 1 aromatic carbocycles. The Labute approximate surface area is 192 Å². The van der Waals surface area contributed by atoms with E-state index in [1.54, 1.807) is 18.3 Å². The number of imidazole rings is 1. The molecule has 8 nitrogen and oxygen atoms in total. The Bertz CT molecular complexity index is 1110. The van der Waals surface area contributed by atoms with E-state index in [9.17, 15) is 9.59 Å². The van der Waals surface area contributed by atoms with E-state index in [1.807, 2.05) is 46.0 Å². The molecule has 5 rings (SSSR count). The Kier molecular flexibility index (Phi) is 6.26. The zero-order valence-electron chi connectivity index (χ0n) is 18.5. The SMILES string of the molecule is O=C(NCc1ccc2nccn2c1)c1ccc(OC2CCN(C(=O)[C@@H]3CCCO3)CC2)cc1. The minimum Gasteiger partial charge on any atom is -0.490 e. The Balaban J connectivity index is 1.09. The van der Waals surface area contributed by atoms with Crippen molar-refractivity contribution in [3.63, 3.8) is 0 Å². The number of rotatable bonds is 6. The van der Waals surface area contributed by atoms with Gasteiger partial charge in [-0.05, 0) is 48.7 Å². The summed E-state index contributed by atoms with van der Waals surface area (Å²) < 4.78 is 13.5. The largest absolute Gasteiger partial charge is 0.490 e. The minimum atomic E-state index is -0.255. The molecule has 0 unspecified atom stereocenters. The third-order valence-corrected chi connectivity index (χ3v) is 6.28. The summed E-state index contributed by atoms with van der Waals surface area (Å²) in [5, 5.41) is 2.95. The smallest absolute Gasteiger partial charge is 0.251 e. The van der Waals surface area contributed by atoms with Crippen molar-refractivity contribution in [2.24, 2.45) is 0 Å². The van der Waals surface area contributed by atoms with Gasteiger partial charge in [-0.15, -0.1) is 0 Å². The molecule has 2 saturated heterocycles. The number of pyridine rings is 1. The van der Waals surface area contributed by atoms with Crippen LogP contribution >= 0.6 is 0 Å². The van der Waals surface area contributed by atoms with Crippen molar-refractivity contribution < 1.29 is 19.1 Å². The molecule has 2 aromatic heterocycles. The van der Waals surface area contributed by atoms with Gasteiger partial charge in [0.1, 0.15) is 23.6 Å². The molecular weight excluding hydrogens is 420 g/mol. The second-order valence-corrected chi connectivity index (χ2v) is 8.58. The predicted octanol–water partition coefficient (Wildman–Crippen LogP) is 2.81. The minimum absolute atomic E-state index is 0.0660. The summed E-state index contributed by atoms with van der Waals surface area (Å²) in [6.45, 7) is 2.50. The maximum absolute atomic E-state index is 12.5. The van der Waals surface area contributed by atoms with E-state index in [0.29, 0.717) is 31.8 Å². The molecular formula is C25H28N4O4. The topological polar surface area (TPSA) is 85.2 Å². The molecule has 0 aliphatic carbocycles. The number of piperidine rings is 1. The second-order valence-electron chi connectivity index (χ2n) is 8.58. The van der Waals surface area contributed by atoms with Crippen LogP contribution in [0.3, 0.4) is 0 Å². The van der Waals surface area contributed by atoms with E-state index >= 15 is 0 Å². The summed E-state index contributed by atoms with van der Waals surface area (Å²) in [4.78, 5) is 31.1. The van der Waals surface area contributed by atoms with Crippen LogP contribution in [0.2, 0.25) is 0 Å². The van der Waals surface area contributed by atoms with Gasteiger partial charge in [-0.25, -0.2) is 4.98 Å². The van der Waals surface area contributed by atoms with Gasteiger partial charge >= 0.3 is 0 Å². The number of carbonyl (C=O) groups excluding carboxylic acids is 2. The van der Waals surface area contributed by atoms with Crippen molar-refractivity contribution in [1.29, 1.82) is 0 Å². The Morgan fingerprint density at radius 1 is 1.09 bits per heavy atom. The fourth-order valence-corrected chi connectivity index (χ4v) is 4.40. The highest BCUT2D eigenvalue weighted by atomic mass is 16.5. The first-order chi connectivity index (χ1) is 16.2. The number of hydrogen-bond acceptors (Lipinski definition) is 5. The van der Waals surface area contributed by atoms with Crippen LogP contribution in [0.5, 0.6) is 5.75 Å². The van der Waals surface area contributed by atoms with Crippen molar-refractivity contribution in [2.75, 3.05) is 19.7 Å². The first-order valence-corrected chi connectivity index (χ1v) is 11.5. The fourth-order valence-electron chi connectivity index (χ4n) is 4.40. The van der Waals surface area contributed by atoms with Crippen molar-refractivity contribution in [2.45, 2.75) is 44.4 Å². The van der Waals surface area contributed by atoms with Crippen LogP contribution < -0.4 is 10.1 Å². The third kappa shape index (κ3) is 5.01. The van der Waals surface area contributed by atoms with Gasteiger partial charge in [0.05, 0.1) is 0 Å². The quantitative estimate of drug-likeness (QED) is 0.627. The molecule has 8 heteroatoms. The van der Waals surface area contributed by atoms with E-state index < -0.39 is 0 Å². The van der Waals surface area contributed by atoms with E-state index in [0.717, 1.165) is 42.6 Å². The molecule has 3 aromatic rings. The van der Waals surface area contributed by atoms with Crippen molar-refractivity contribution in [3.05, 3.63) is 66.1 Å². The standard InChI is InChI=1S/C25H28N4O4/c30-24(27-16-18-3-8-23-26-11-14-29(23)17-18)19-4-6-20(7-5-19)33-21-9-12-28(13-10-21)25(31)22-2-1-15-32-22/h3-8,11,14,17,21-22H,1-2,9-10,12-13,15-16H2,(H,27,30)/t22-/m0/s1. The van der Waals surface area contributed by atoms with Crippen LogP contribution in [0.15, 0.2) is 55.0 Å². The molecule has 2 amide bonds. The van der Waals surface area contributed by atoms with E-state index in [-0.39, 0.29) is 24.0 Å². The number of carbonyl (C=O) groups is 2. The van der Waals surface area contributed by atoms with Crippen LogP contribution in [0.4, 0.5) is 0 Å². The van der Waals surface area contributed by atoms with Crippen LogP contribution in [0, 0.1) is 0 Å². The van der Waals surface area contributed by atoms with Gasteiger partial charge in [0.2, 0.25) is 0 Å². The molecule has 4 heterocycles. The number of benzene rings is 1. The summed E-state index contributed by atoms with van der Waals surface area (Å²) in [7, 11) is 0. The molecule has 172 valence electrons. The summed E-state index contributed by atoms with van der Waals surface area (Å²) in [6, 6.07) is 11.1. The number of aromatic nitrogens is 2. The van der Waals surface area contributed by atoms with Gasteiger partial charge in [0.25, 0.3) is 11.8 Å². The van der Waals surface area contributed by atoms with Gasteiger partial charge in [0.15, 0.2) is 0 Å². The summed E-state index contributed by atoms with van der Waals surface area (Å²) in [5.41, 5.74) is 2.46. The van der Waals surface area contributed by atoms with Crippen molar-refractivity contribution in [3.8, 4) is 5.75 Å². The molecule has 0 spiro atoms. The zero-order chi connectivity index (χ0) is 22.6. The van der Waals surface area contributed by atoms with Gasteiger partial charge in [-0.2, -0.15) is 0 Å². The van der Waals surface area contributed by atoms with E-state index in [4.69, 9.17) is 9.47 Å². The summed E-state index contributed by atoms with van der Waals surface area (Å²) in [6.07, 6.45) is 8.77. The lowest BCUT2D eigenvalue weighted by molar-refractivity contribution is -0.142. The molecule has 2 aliphatic heterocycles. The fraction of sp³-hybridized carbons (Fsp3) is 0.400. The Morgan fingerprint density at radius 3 is 2.67 bits per heavy atom. The molecule has 0 saturated carbocycles. The highest BCUT2D eigenvalue weighted by Gasteiger charge is 2.31. The number of likely N-dealkylation sites (tertiary alicyclic amines) is 1. The monoisotopic (exact) mass is 448 g/mol. The normalized spacial score (nSPS) is 19.0. The molecule has 2 fully saturated rings. The lowest BCUT2D eigenvalue weighted by atomic mass is 10.1. The number of hydrogen-bond donors (Lipinski definition) is 1. The number of nitrogens with zero attached hydrogens (tertiary/aromatic N) is 3. The third-order valence-electron chi connectivity index (χ3n) is 6.28. The molecule has 1 N–H and O–H groups in total. The predicted molar refractivity (Wildman–Crippen MR) is 122 cm³/mol. The van der Waals surface area contributed by atoms with Crippen molar-refractivity contribution in [1.82, 2.24) is 19.6 Å². The van der Waals surface area contributed by atoms with E-state index in [1.165, 1.54) is 0 Å². The van der Waals surface area contributed by atoms with Crippen molar-refractivity contribution >= 4 is 17.5 Å². The molecule has 0 radical (unpaired) electrons. The average molecular weight is 449 g/mol. The van der Waals surface area contributed by atoms with Crippen LogP contribution in [0.25, 0.3) is 5.65 Å². The highest BCUT2D eigenvalue weighted by molar-refractivity contribution is 5.94. The maximum atomic E-state index is 12.5. The Morgan fingerprint density at radius 2 is 1.91 bits per heavy atom. The van der Waals surface area contributed by atoms with Crippen LogP contribution in [-0.4, -0.2) is 58.0 Å². The first kappa shape index (κ1) is 21.5. The van der Waals surface area contributed by atoms with Crippen LogP contribution in [0.1, 0.15) is 41.6 Å². The van der Waals surface area contributed by atoms with Gasteiger partial charge in [-0.1, -0.05) is 6.07 Å². The molecule has 1 atom stereocenters. The average Bonchev–Trinajstić information content (AvgIpc) is 3.55. The Hall–Kier alpha value is -3.39. The van der Waals surface area contributed by atoms with Gasteiger partial charge < -0.3 is 24.1 Å². The summed E-state index contributed by atoms with van der Waals surface area (Å²) >= 11 is 0. The number of ether oxygens (including phenoxy) is 2.